The summed E-state index contributed by atoms with van der Waals surface area (Å²) in [5.74, 6) is 1.93. The summed E-state index contributed by atoms with van der Waals surface area (Å²) in [6, 6.07) is 0. The molecule has 4 rings (SSSR count). The van der Waals surface area contributed by atoms with Crippen LogP contribution in [0.25, 0.3) is 0 Å². The monoisotopic (exact) mass is 530 g/mol. The number of rotatable bonds is 5. The Morgan fingerprint density at radius 2 is 1.74 bits per heavy atom. The molecule has 0 aromatic heterocycles. The molecule has 0 bridgehead atoms. The van der Waals surface area contributed by atoms with Crippen molar-refractivity contribution < 1.29 is 23.4 Å². The zero-order chi connectivity index (χ0) is 24.7. The van der Waals surface area contributed by atoms with Crippen molar-refractivity contribution in [3.8, 4) is 0 Å². The SMILES string of the molecule is CO[C@H]1O[C@](C)([C@@H](O[Si](C)(C)C(C)(C)C)C2=CCC3(CC2)OCCCO3)CCC12SCCCS2. The summed E-state index contributed by atoms with van der Waals surface area (Å²) in [5.41, 5.74) is 0.926. The fourth-order valence-corrected chi connectivity index (χ4v) is 9.91. The third kappa shape index (κ3) is 5.49. The molecule has 0 unspecified atom stereocenters. The Morgan fingerprint density at radius 1 is 1.06 bits per heavy atom. The predicted molar refractivity (Wildman–Crippen MR) is 145 cm³/mol. The quantitative estimate of drug-likeness (QED) is 0.288. The van der Waals surface area contributed by atoms with Gasteiger partial charge in [0.05, 0.1) is 24.9 Å². The van der Waals surface area contributed by atoms with Crippen LogP contribution in [0.3, 0.4) is 0 Å². The van der Waals surface area contributed by atoms with Crippen LogP contribution in [0.15, 0.2) is 11.6 Å². The third-order valence-corrected chi connectivity index (χ3v) is 16.4. The van der Waals surface area contributed by atoms with Gasteiger partial charge in [-0.25, -0.2) is 0 Å². The van der Waals surface area contributed by atoms with Gasteiger partial charge in [0.25, 0.3) is 0 Å². The van der Waals surface area contributed by atoms with Crippen molar-refractivity contribution in [2.75, 3.05) is 31.8 Å². The van der Waals surface area contributed by atoms with Crippen LogP contribution in [0.4, 0.5) is 0 Å². The van der Waals surface area contributed by atoms with Crippen molar-refractivity contribution in [2.45, 2.75) is 119 Å². The molecule has 3 aliphatic heterocycles. The minimum absolute atomic E-state index is 0.00279. The molecule has 0 saturated carbocycles. The van der Waals surface area contributed by atoms with E-state index in [0.717, 1.165) is 51.7 Å². The molecular formula is C26H46O5S2Si. The van der Waals surface area contributed by atoms with Crippen molar-refractivity contribution >= 4 is 31.8 Å². The first-order valence-electron chi connectivity index (χ1n) is 13.1. The highest BCUT2D eigenvalue weighted by Crippen LogP contribution is 2.56. The van der Waals surface area contributed by atoms with Crippen LogP contribution < -0.4 is 0 Å². The largest absolute Gasteiger partial charge is 0.407 e. The summed E-state index contributed by atoms with van der Waals surface area (Å²) in [7, 11) is -0.241. The predicted octanol–water partition coefficient (Wildman–Crippen LogP) is 6.73. The third-order valence-electron chi connectivity index (χ3n) is 8.50. The first-order chi connectivity index (χ1) is 15.9. The van der Waals surface area contributed by atoms with Crippen molar-refractivity contribution in [2.24, 2.45) is 0 Å². The topological polar surface area (TPSA) is 46.2 Å². The van der Waals surface area contributed by atoms with E-state index in [4.69, 9.17) is 23.4 Å². The Balaban J connectivity index is 1.61. The van der Waals surface area contributed by atoms with Gasteiger partial charge in [-0.05, 0) is 74.2 Å². The minimum Gasteiger partial charge on any atom is -0.407 e. The van der Waals surface area contributed by atoms with Gasteiger partial charge in [-0.15, -0.1) is 23.5 Å². The fraction of sp³-hybridized carbons (Fsp3) is 0.923. The average Bonchev–Trinajstić information content (AvgIpc) is 2.81. The maximum Gasteiger partial charge on any atom is 0.193 e. The fourth-order valence-electron chi connectivity index (χ4n) is 5.23. The van der Waals surface area contributed by atoms with Gasteiger partial charge in [0.15, 0.2) is 20.4 Å². The minimum atomic E-state index is -2.05. The van der Waals surface area contributed by atoms with Crippen molar-refractivity contribution in [1.82, 2.24) is 0 Å². The average molecular weight is 531 g/mol. The summed E-state index contributed by atoms with van der Waals surface area (Å²) < 4.78 is 32.4. The highest BCUT2D eigenvalue weighted by Gasteiger charge is 2.56. The van der Waals surface area contributed by atoms with Crippen LogP contribution in [0.1, 0.15) is 72.6 Å². The molecule has 1 aliphatic carbocycles. The number of ether oxygens (including phenoxy) is 4. The van der Waals surface area contributed by atoms with E-state index < -0.39 is 19.7 Å². The Bertz CT molecular complexity index is 740. The van der Waals surface area contributed by atoms with Gasteiger partial charge in [-0.1, -0.05) is 26.8 Å². The van der Waals surface area contributed by atoms with E-state index in [-0.39, 0.29) is 21.5 Å². The number of methoxy groups -OCH3 is 1. The van der Waals surface area contributed by atoms with Crippen LogP contribution in [0.2, 0.25) is 18.1 Å². The molecule has 2 spiro atoms. The molecular weight excluding hydrogens is 485 g/mol. The molecule has 4 aliphatic rings. The van der Waals surface area contributed by atoms with E-state index in [1.807, 2.05) is 23.5 Å². The zero-order valence-corrected chi connectivity index (χ0v) is 25.0. The number of hydrogen-bond donors (Lipinski definition) is 0. The Kier molecular flexibility index (Phi) is 8.34. The number of hydrogen-bond acceptors (Lipinski definition) is 7. The second kappa shape index (κ2) is 10.3. The Labute approximate surface area is 216 Å². The molecule has 3 fully saturated rings. The van der Waals surface area contributed by atoms with Crippen molar-refractivity contribution in [3.05, 3.63) is 11.6 Å². The lowest BCUT2D eigenvalue weighted by Crippen LogP contribution is -2.60. The molecule has 0 N–H and O–H groups in total. The lowest BCUT2D eigenvalue weighted by molar-refractivity contribution is -0.271. The van der Waals surface area contributed by atoms with Gasteiger partial charge in [-0.3, -0.25) is 0 Å². The highest BCUT2D eigenvalue weighted by molar-refractivity contribution is 8.18. The summed E-state index contributed by atoms with van der Waals surface area (Å²) in [6.45, 7) is 15.5. The van der Waals surface area contributed by atoms with Gasteiger partial charge in [0, 0.05) is 20.0 Å². The van der Waals surface area contributed by atoms with Gasteiger partial charge < -0.3 is 23.4 Å². The first-order valence-corrected chi connectivity index (χ1v) is 18.0. The van der Waals surface area contributed by atoms with E-state index in [2.05, 4.69) is 46.9 Å². The van der Waals surface area contributed by atoms with Gasteiger partial charge in [0.2, 0.25) is 0 Å². The smallest absolute Gasteiger partial charge is 0.193 e. The maximum absolute atomic E-state index is 7.22. The normalized spacial score (nSPS) is 33.0. The number of thioether (sulfide) groups is 2. The van der Waals surface area contributed by atoms with Crippen LogP contribution in [-0.2, 0) is 23.4 Å². The van der Waals surface area contributed by atoms with Crippen LogP contribution in [0.5, 0.6) is 0 Å². The molecule has 3 atom stereocenters. The molecule has 8 heteroatoms. The van der Waals surface area contributed by atoms with Crippen LogP contribution >= 0.6 is 23.5 Å². The standard InChI is InChI=1S/C26H46O5S2Si/c1-23(2,3)34(6,7)31-21(20-10-12-25(13-11-20)28-16-8-17-29-25)24(4)14-15-26(22(27-5)30-24)32-18-9-19-33-26/h10,21-22H,8-9,11-19H2,1-7H3/t21-,22-,24-/m0/s1. The first kappa shape index (κ1) is 27.5. The van der Waals surface area contributed by atoms with E-state index in [1.54, 1.807) is 7.11 Å². The van der Waals surface area contributed by atoms with Crippen molar-refractivity contribution in [3.63, 3.8) is 0 Å². The molecule has 34 heavy (non-hydrogen) atoms. The molecule has 5 nitrogen and oxygen atoms in total. The molecule has 0 aromatic carbocycles. The molecule has 0 aromatic rings. The van der Waals surface area contributed by atoms with E-state index in [0.29, 0.717) is 0 Å². The Morgan fingerprint density at radius 3 is 2.29 bits per heavy atom. The van der Waals surface area contributed by atoms with E-state index in [1.165, 1.54) is 23.5 Å². The second-order valence-corrected chi connectivity index (χ2v) is 19.9. The summed E-state index contributed by atoms with van der Waals surface area (Å²) >= 11 is 4.06. The maximum atomic E-state index is 7.22. The van der Waals surface area contributed by atoms with E-state index in [9.17, 15) is 0 Å². The van der Waals surface area contributed by atoms with Crippen LogP contribution in [0, 0.1) is 0 Å². The lowest BCUT2D eigenvalue weighted by Gasteiger charge is -2.54. The summed E-state index contributed by atoms with van der Waals surface area (Å²) in [5, 5.41) is 0.124. The summed E-state index contributed by atoms with van der Waals surface area (Å²) in [6.07, 6.45) is 8.94. The zero-order valence-electron chi connectivity index (χ0n) is 22.4. The van der Waals surface area contributed by atoms with Gasteiger partial charge in [0.1, 0.15) is 4.08 Å². The highest BCUT2D eigenvalue weighted by atomic mass is 32.2. The van der Waals surface area contributed by atoms with Gasteiger partial charge >= 0.3 is 0 Å². The molecule has 0 radical (unpaired) electrons. The van der Waals surface area contributed by atoms with E-state index >= 15 is 0 Å². The molecule has 3 heterocycles. The van der Waals surface area contributed by atoms with Gasteiger partial charge in [-0.2, -0.15) is 0 Å². The van der Waals surface area contributed by atoms with Crippen LogP contribution in [-0.4, -0.2) is 68.0 Å². The summed E-state index contributed by atoms with van der Waals surface area (Å²) in [4.78, 5) is 0. The Hall–Kier alpha value is 0.457. The second-order valence-electron chi connectivity index (χ2n) is 12.1. The lowest BCUT2D eigenvalue weighted by atomic mass is 9.80. The van der Waals surface area contributed by atoms with Crippen molar-refractivity contribution in [1.29, 1.82) is 0 Å². The molecule has 0 amide bonds. The molecule has 196 valence electrons. The molecule has 3 saturated heterocycles.